The highest BCUT2D eigenvalue weighted by Crippen LogP contribution is 2.60. The lowest BCUT2D eigenvalue weighted by molar-refractivity contribution is -0.185. The first kappa shape index (κ1) is 25.5. The number of primary amides is 1. The van der Waals surface area contributed by atoms with Gasteiger partial charge in [-0.1, -0.05) is 42.5 Å². The molecule has 0 aliphatic rings. The minimum atomic E-state index is -3.70. The number of hydrogen-bond donors (Lipinski definition) is 1. The van der Waals surface area contributed by atoms with E-state index in [0.717, 1.165) is 5.56 Å². The molecule has 2 aromatic carbocycles. The van der Waals surface area contributed by atoms with Gasteiger partial charge in [-0.05, 0) is 43.2 Å². The quantitative estimate of drug-likeness (QED) is 0.372. The van der Waals surface area contributed by atoms with Crippen molar-refractivity contribution in [2.75, 3.05) is 19.8 Å². The normalized spacial score (nSPS) is 11.9. The molecule has 0 fully saturated rings. The maximum atomic E-state index is 13.5. The Balaban J connectivity index is 2.36. The fourth-order valence-corrected chi connectivity index (χ4v) is 4.68. The van der Waals surface area contributed by atoms with Crippen LogP contribution < -0.4 is 5.73 Å². The predicted molar refractivity (Wildman–Crippen MR) is 122 cm³/mol. The van der Waals surface area contributed by atoms with Gasteiger partial charge in [0.05, 0.1) is 25.1 Å². The molecule has 0 atom stereocenters. The maximum Gasteiger partial charge on any atom is 0.361 e. The molecular formula is C23H29N2O6P. The van der Waals surface area contributed by atoms with Crippen LogP contribution >= 0.6 is 7.60 Å². The predicted octanol–water partition coefficient (Wildman–Crippen LogP) is 4.37. The molecule has 0 spiro atoms. The van der Waals surface area contributed by atoms with Crippen LogP contribution in [0.5, 0.6) is 0 Å². The van der Waals surface area contributed by atoms with Crippen LogP contribution in [0.25, 0.3) is 5.31 Å². The lowest BCUT2D eigenvalue weighted by Gasteiger charge is -2.23. The first-order valence-corrected chi connectivity index (χ1v) is 11.8. The van der Waals surface area contributed by atoms with Crippen molar-refractivity contribution >= 4 is 24.7 Å². The van der Waals surface area contributed by atoms with Crippen LogP contribution in [0, 0.1) is 0 Å². The molecule has 0 aliphatic heterocycles. The highest BCUT2D eigenvalue weighted by molar-refractivity contribution is 7.65. The number of hydrogen-bond acceptors (Lipinski definition) is 6. The van der Waals surface area contributed by atoms with Crippen LogP contribution in [0.3, 0.4) is 0 Å². The Hall–Kier alpha value is -2.77. The van der Waals surface area contributed by atoms with Crippen molar-refractivity contribution < 1.29 is 28.0 Å². The van der Waals surface area contributed by atoms with E-state index in [2.05, 4.69) is 0 Å². The van der Waals surface area contributed by atoms with E-state index in [1.54, 1.807) is 32.1 Å². The summed E-state index contributed by atoms with van der Waals surface area (Å²) in [7, 11) is -3.70. The Bertz CT molecular complexity index is 966. The summed E-state index contributed by atoms with van der Waals surface area (Å²) in [5.41, 5.74) is 7.05. The first-order valence-electron chi connectivity index (χ1n) is 10.3. The smallest absolute Gasteiger partial charge is 0.361 e. The van der Waals surface area contributed by atoms with Crippen molar-refractivity contribution in [2.24, 2.45) is 5.73 Å². The number of nitrogens with two attached hydrogens (primary N) is 1. The van der Waals surface area contributed by atoms with Gasteiger partial charge in [0.25, 0.3) is 0 Å². The topological polar surface area (TPSA) is 108 Å². The van der Waals surface area contributed by atoms with E-state index in [4.69, 9.17) is 19.6 Å². The summed E-state index contributed by atoms with van der Waals surface area (Å²) in [6.45, 7) is 5.34. The molecule has 8 nitrogen and oxygen atoms in total. The zero-order chi connectivity index (χ0) is 23.6. The minimum absolute atomic E-state index is 0.0131. The standard InChI is InChI=1S/C23H29N2O6P/c1-4-30-32(28,31-5-2)22(20-11-13-21(14-12-20)23(24)27)15-16-25(18(3)26)29-17-19-9-7-6-8-10-19/h6-15H,4-5,16-17H2,1-3H3,(H2,24,27)/b22-15-. The Morgan fingerprint density at radius 3 is 2.03 bits per heavy atom. The largest absolute Gasteiger partial charge is 0.366 e. The SMILES string of the molecule is CCOP(=O)(OCC)/C(=C\CN(OCc1ccccc1)C(C)=O)c1ccc(C(N)=O)cc1. The van der Waals surface area contributed by atoms with Crippen molar-refractivity contribution in [2.45, 2.75) is 27.4 Å². The fraction of sp³-hybridized carbons (Fsp3) is 0.304. The summed E-state index contributed by atoms with van der Waals surface area (Å²) in [5, 5.41) is 1.44. The van der Waals surface area contributed by atoms with Gasteiger partial charge in [-0.25, -0.2) is 5.06 Å². The summed E-state index contributed by atoms with van der Waals surface area (Å²) in [4.78, 5) is 29.2. The van der Waals surface area contributed by atoms with Crippen LogP contribution in [0.15, 0.2) is 60.7 Å². The van der Waals surface area contributed by atoms with Gasteiger partial charge in [-0.15, -0.1) is 0 Å². The van der Waals surface area contributed by atoms with Crippen molar-refractivity contribution in [3.63, 3.8) is 0 Å². The van der Waals surface area contributed by atoms with E-state index in [0.29, 0.717) is 11.1 Å². The molecule has 0 heterocycles. The van der Waals surface area contributed by atoms with Crippen LogP contribution in [0.2, 0.25) is 0 Å². The Kier molecular flexibility index (Phi) is 9.81. The van der Waals surface area contributed by atoms with Crippen molar-refractivity contribution in [1.29, 1.82) is 0 Å². The Labute approximate surface area is 188 Å². The van der Waals surface area contributed by atoms with Crippen LogP contribution in [0.1, 0.15) is 42.3 Å². The molecule has 32 heavy (non-hydrogen) atoms. The summed E-state index contributed by atoms with van der Waals surface area (Å²) in [6, 6.07) is 15.7. The molecule has 9 heteroatoms. The summed E-state index contributed by atoms with van der Waals surface area (Å²) in [6.07, 6.45) is 1.58. The molecule has 0 unspecified atom stereocenters. The van der Waals surface area contributed by atoms with E-state index in [-0.39, 0.29) is 37.6 Å². The van der Waals surface area contributed by atoms with Gasteiger partial charge in [0.2, 0.25) is 11.8 Å². The maximum absolute atomic E-state index is 13.5. The number of benzene rings is 2. The third-order valence-electron chi connectivity index (χ3n) is 4.39. The van der Waals surface area contributed by atoms with Gasteiger partial charge in [0, 0.05) is 12.5 Å². The molecule has 2 aromatic rings. The molecular weight excluding hydrogens is 431 g/mol. The van der Waals surface area contributed by atoms with Crippen LogP contribution in [0.4, 0.5) is 0 Å². The molecule has 0 saturated heterocycles. The number of carbonyl (C=O) groups is 2. The molecule has 2 rings (SSSR count). The lowest BCUT2D eigenvalue weighted by atomic mass is 10.1. The molecule has 2 amide bonds. The molecule has 2 N–H and O–H groups in total. The highest BCUT2D eigenvalue weighted by Gasteiger charge is 2.31. The van der Waals surface area contributed by atoms with Gasteiger partial charge in [0.1, 0.15) is 6.61 Å². The third kappa shape index (κ3) is 7.14. The zero-order valence-electron chi connectivity index (χ0n) is 18.5. The number of rotatable bonds is 12. The second-order valence-corrected chi connectivity index (χ2v) is 8.70. The zero-order valence-corrected chi connectivity index (χ0v) is 19.4. The Morgan fingerprint density at radius 1 is 0.969 bits per heavy atom. The number of hydroxylamine groups is 2. The molecule has 172 valence electrons. The second kappa shape index (κ2) is 12.3. The number of nitrogens with zero attached hydrogens (tertiary/aromatic N) is 1. The van der Waals surface area contributed by atoms with Crippen LogP contribution in [-0.4, -0.2) is 36.6 Å². The highest BCUT2D eigenvalue weighted by atomic mass is 31.2. The van der Waals surface area contributed by atoms with Crippen molar-refractivity contribution in [3.05, 3.63) is 77.4 Å². The van der Waals surface area contributed by atoms with E-state index in [9.17, 15) is 14.2 Å². The van der Waals surface area contributed by atoms with E-state index in [1.165, 1.54) is 24.1 Å². The molecule has 0 radical (unpaired) electrons. The number of carbonyl (C=O) groups excluding carboxylic acids is 2. The summed E-state index contributed by atoms with van der Waals surface area (Å²) < 4.78 is 24.6. The fourth-order valence-electron chi connectivity index (χ4n) is 2.88. The van der Waals surface area contributed by atoms with Crippen molar-refractivity contribution in [3.8, 4) is 0 Å². The molecule has 0 saturated carbocycles. The van der Waals surface area contributed by atoms with E-state index in [1.807, 2.05) is 30.3 Å². The third-order valence-corrected chi connectivity index (χ3v) is 6.62. The van der Waals surface area contributed by atoms with E-state index < -0.39 is 13.5 Å². The van der Waals surface area contributed by atoms with Gasteiger partial charge < -0.3 is 14.8 Å². The minimum Gasteiger partial charge on any atom is -0.366 e. The van der Waals surface area contributed by atoms with Crippen LogP contribution in [-0.2, 0) is 29.9 Å². The average Bonchev–Trinajstić information content (AvgIpc) is 2.77. The molecule has 0 bridgehead atoms. The summed E-state index contributed by atoms with van der Waals surface area (Å²) in [5.74, 6) is -0.889. The van der Waals surface area contributed by atoms with Gasteiger partial charge in [0.15, 0.2) is 0 Å². The number of amides is 2. The monoisotopic (exact) mass is 460 g/mol. The van der Waals surface area contributed by atoms with Gasteiger partial charge >= 0.3 is 7.60 Å². The average molecular weight is 460 g/mol. The van der Waals surface area contributed by atoms with Crippen molar-refractivity contribution in [1.82, 2.24) is 5.06 Å². The first-order chi connectivity index (χ1) is 15.3. The van der Waals surface area contributed by atoms with Gasteiger partial charge in [-0.3, -0.25) is 19.0 Å². The second-order valence-electron chi connectivity index (χ2n) is 6.70. The summed E-state index contributed by atoms with van der Waals surface area (Å²) >= 11 is 0. The lowest BCUT2D eigenvalue weighted by Crippen LogP contribution is -2.29. The molecule has 0 aromatic heterocycles. The van der Waals surface area contributed by atoms with E-state index >= 15 is 0 Å². The van der Waals surface area contributed by atoms with Gasteiger partial charge in [-0.2, -0.15) is 0 Å². The Morgan fingerprint density at radius 2 is 1.53 bits per heavy atom. The molecule has 0 aliphatic carbocycles.